The Morgan fingerprint density at radius 2 is 1.74 bits per heavy atom. The van der Waals surface area contributed by atoms with Crippen molar-refractivity contribution < 1.29 is 20.0 Å². The van der Waals surface area contributed by atoms with Crippen LogP contribution in [-0.4, -0.2) is 11.1 Å². The molecule has 0 aliphatic rings. The standard InChI is InChI=1S/C17H16Cl2FNO2/c18-12-3-1-10(2-4-12)17(21)15(5-6-16(22)23)11-7-13(19)9-14(20)8-11/h1-4,7-9,15,17H,5-6,21H2,(H,22,23)/p+1/t15-,17-/m1/s1. The van der Waals surface area contributed by atoms with Crippen LogP contribution in [0.5, 0.6) is 0 Å². The number of quaternary nitrogens is 1. The van der Waals surface area contributed by atoms with Crippen molar-refractivity contribution in [1.29, 1.82) is 0 Å². The maximum Gasteiger partial charge on any atom is 0.303 e. The van der Waals surface area contributed by atoms with Crippen molar-refractivity contribution in [3.63, 3.8) is 0 Å². The third-order valence-electron chi connectivity index (χ3n) is 3.77. The lowest BCUT2D eigenvalue weighted by molar-refractivity contribution is -0.433. The molecular weight excluding hydrogens is 340 g/mol. The van der Waals surface area contributed by atoms with Gasteiger partial charge in [0, 0.05) is 27.9 Å². The van der Waals surface area contributed by atoms with E-state index in [4.69, 9.17) is 28.3 Å². The second kappa shape index (κ2) is 7.77. The second-order valence-electron chi connectivity index (χ2n) is 5.40. The summed E-state index contributed by atoms with van der Waals surface area (Å²) in [6, 6.07) is 11.2. The van der Waals surface area contributed by atoms with E-state index < -0.39 is 11.8 Å². The number of hydrogen-bond donors (Lipinski definition) is 2. The summed E-state index contributed by atoms with van der Waals surface area (Å²) in [6.45, 7) is 0. The molecule has 0 bridgehead atoms. The minimum absolute atomic E-state index is 0.0294. The summed E-state index contributed by atoms with van der Waals surface area (Å²) in [5.74, 6) is -1.61. The normalized spacial score (nSPS) is 13.6. The van der Waals surface area contributed by atoms with Gasteiger partial charge in [0.2, 0.25) is 0 Å². The maximum absolute atomic E-state index is 13.7. The van der Waals surface area contributed by atoms with Crippen molar-refractivity contribution in [1.82, 2.24) is 0 Å². The highest BCUT2D eigenvalue weighted by atomic mass is 35.5. The average molecular weight is 357 g/mol. The smallest absolute Gasteiger partial charge is 0.303 e. The highest BCUT2D eigenvalue weighted by molar-refractivity contribution is 6.30. The molecule has 0 saturated heterocycles. The SMILES string of the molecule is [NH3+][C@H](c1ccc(Cl)cc1)[C@H](CCC(=O)O)c1cc(F)cc(Cl)c1. The first-order valence-corrected chi connectivity index (χ1v) is 7.88. The van der Waals surface area contributed by atoms with Gasteiger partial charge in [-0.15, -0.1) is 0 Å². The van der Waals surface area contributed by atoms with E-state index in [-0.39, 0.29) is 23.4 Å². The zero-order valence-electron chi connectivity index (χ0n) is 12.3. The molecule has 4 N–H and O–H groups in total. The first-order chi connectivity index (χ1) is 10.9. The quantitative estimate of drug-likeness (QED) is 0.819. The molecule has 0 aliphatic carbocycles. The second-order valence-corrected chi connectivity index (χ2v) is 6.27. The van der Waals surface area contributed by atoms with Gasteiger partial charge in [-0.1, -0.05) is 35.3 Å². The zero-order chi connectivity index (χ0) is 17.0. The molecule has 122 valence electrons. The highest BCUT2D eigenvalue weighted by Crippen LogP contribution is 2.34. The fraction of sp³-hybridized carbons (Fsp3) is 0.235. The summed E-state index contributed by atoms with van der Waals surface area (Å²) in [5, 5.41) is 9.86. The van der Waals surface area contributed by atoms with Crippen LogP contribution < -0.4 is 5.73 Å². The van der Waals surface area contributed by atoms with E-state index in [0.29, 0.717) is 17.0 Å². The molecule has 0 radical (unpaired) electrons. The fourth-order valence-corrected chi connectivity index (χ4v) is 2.97. The van der Waals surface area contributed by atoms with Gasteiger partial charge in [0.25, 0.3) is 0 Å². The predicted molar refractivity (Wildman–Crippen MR) is 88.1 cm³/mol. The van der Waals surface area contributed by atoms with E-state index in [1.54, 1.807) is 18.2 Å². The Kier molecular flexibility index (Phi) is 5.99. The Bertz CT molecular complexity index is 671. The molecule has 0 heterocycles. The minimum atomic E-state index is -0.902. The number of carbonyl (C=O) groups is 1. The molecule has 0 amide bonds. The van der Waals surface area contributed by atoms with Crippen molar-refractivity contribution in [2.45, 2.75) is 24.8 Å². The van der Waals surface area contributed by atoms with Crippen LogP contribution in [-0.2, 0) is 4.79 Å². The fourth-order valence-electron chi connectivity index (χ4n) is 2.61. The van der Waals surface area contributed by atoms with Gasteiger partial charge >= 0.3 is 5.97 Å². The van der Waals surface area contributed by atoms with Crippen molar-refractivity contribution in [3.8, 4) is 0 Å². The number of hydrogen-bond acceptors (Lipinski definition) is 1. The zero-order valence-corrected chi connectivity index (χ0v) is 13.8. The van der Waals surface area contributed by atoms with E-state index >= 15 is 0 Å². The minimum Gasteiger partial charge on any atom is -0.481 e. The van der Waals surface area contributed by atoms with Gasteiger partial charge < -0.3 is 10.8 Å². The lowest BCUT2D eigenvalue weighted by Crippen LogP contribution is -2.56. The van der Waals surface area contributed by atoms with Crippen molar-refractivity contribution in [3.05, 3.63) is 69.5 Å². The molecule has 2 aromatic carbocycles. The van der Waals surface area contributed by atoms with E-state index in [1.165, 1.54) is 12.1 Å². The highest BCUT2D eigenvalue weighted by Gasteiger charge is 2.26. The topological polar surface area (TPSA) is 64.9 Å². The molecule has 2 rings (SSSR count). The Morgan fingerprint density at radius 1 is 1.09 bits per heavy atom. The Balaban J connectivity index is 2.36. The van der Waals surface area contributed by atoms with Crippen molar-refractivity contribution in [2.24, 2.45) is 0 Å². The van der Waals surface area contributed by atoms with Crippen LogP contribution >= 0.6 is 23.2 Å². The molecular formula is C17H17Cl2FNO2+. The predicted octanol–water partition coefficient (Wildman–Crippen LogP) is 4.06. The molecule has 0 spiro atoms. The van der Waals surface area contributed by atoms with Crippen molar-refractivity contribution >= 4 is 29.2 Å². The Labute approximate surface area is 143 Å². The third-order valence-corrected chi connectivity index (χ3v) is 4.24. The first kappa shape index (κ1) is 17.7. The molecule has 0 saturated carbocycles. The van der Waals surface area contributed by atoms with Crippen molar-refractivity contribution in [2.75, 3.05) is 0 Å². The number of rotatable bonds is 6. The summed E-state index contributed by atoms with van der Waals surface area (Å²) < 4.78 is 13.7. The van der Waals surface area contributed by atoms with Crippen LogP contribution in [0.25, 0.3) is 0 Å². The van der Waals surface area contributed by atoms with E-state index in [0.717, 1.165) is 5.56 Å². The molecule has 2 aromatic rings. The van der Waals surface area contributed by atoms with Gasteiger partial charge in [0.05, 0.1) is 0 Å². The lowest BCUT2D eigenvalue weighted by atomic mass is 9.84. The number of halogens is 3. The maximum atomic E-state index is 13.7. The molecule has 0 unspecified atom stereocenters. The first-order valence-electron chi connectivity index (χ1n) is 7.13. The van der Waals surface area contributed by atoms with E-state index in [1.807, 2.05) is 12.1 Å². The van der Waals surface area contributed by atoms with Crippen LogP contribution in [0, 0.1) is 5.82 Å². The third kappa shape index (κ3) is 4.93. The number of carboxylic acids is 1. The lowest BCUT2D eigenvalue weighted by Gasteiger charge is -2.22. The average Bonchev–Trinajstić information content (AvgIpc) is 2.46. The van der Waals surface area contributed by atoms with Crippen LogP contribution in [0.15, 0.2) is 42.5 Å². The van der Waals surface area contributed by atoms with Gasteiger partial charge in [-0.05, 0) is 42.3 Å². The van der Waals surface area contributed by atoms with Gasteiger partial charge in [-0.3, -0.25) is 4.79 Å². The van der Waals surface area contributed by atoms with Crippen LogP contribution in [0.1, 0.15) is 35.9 Å². The van der Waals surface area contributed by atoms with Crippen LogP contribution in [0.3, 0.4) is 0 Å². The largest absolute Gasteiger partial charge is 0.481 e. The summed E-state index contributed by atoms with van der Waals surface area (Å²) in [7, 11) is 0. The summed E-state index contributed by atoms with van der Waals surface area (Å²) in [6.07, 6.45) is 0.310. The van der Waals surface area contributed by atoms with Crippen LogP contribution in [0.4, 0.5) is 4.39 Å². The van der Waals surface area contributed by atoms with Gasteiger partial charge in [0.15, 0.2) is 0 Å². The Morgan fingerprint density at radius 3 is 2.30 bits per heavy atom. The molecule has 2 atom stereocenters. The molecule has 3 nitrogen and oxygen atoms in total. The van der Waals surface area contributed by atoms with Gasteiger partial charge in [-0.25, -0.2) is 4.39 Å². The molecule has 0 aliphatic heterocycles. The van der Waals surface area contributed by atoms with E-state index in [9.17, 15) is 9.18 Å². The van der Waals surface area contributed by atoms with E-state index in [2.05, 4.69) is 5.73 Å². The number of aliphatic carboxylic acids is 1. The Hall–Kier alpha value is -1.62. The van der Waals surface area contributed by atoms with Gasteiger partial charge in [-0.2, -0.15) is 0 Å². The molecule has 0 aromatic heterocycles. The summed E-state index contributed by atoms with van der Waals surface area (Å²) in [4.78, 5) is 10.9. The molecule has 0 fully saturated rings. The summed E-state index contributed by atoms with van der Waals surface area (Å²) >= 11 is 11.8. The van der Waals surface area contributed by atoms with Crippen LogP contribution in [0.2, 0.25) is 10.0 Å². The van der Waals surface area contributed by atoms with Gasteiger partial charge in [0.1, 0.15) is 11.9 Å². The molecule has 6 heteroatoms. The molecule has 23 heavy (non-hydrogen) atoms. The monoisotopic (exact) mass is 356 g/mol. The summed E-state index contributed by atoms with van der Waals surface area (Å²) in [5.41, 5.74) is 5.70. The number of carboxylic acid groups (broad SMARTS) is 1. The number of benzene rings is 2.